The van der Waals surface area contributed by atoms with Gasteiger partial charge in [-0.25, -0.2) is 0 Å². The fraction of sp³-hybridized carbons (Fsp3) is 0.652. The zero-order valence-corrected chi connectivity index (χ0v) is 16.9. The van der Waals surface area contributed by atoms with Gasteiger partial charge in [-0.1, -0.05) is 37.8 Å². The zero-order chi connectivity index (χ0) is 19.5. The average Bonchev–Trinajstić information content (AvgIpc) is 3.31. The van der Waals surface area contributed by atoms with Crippen LogP contribution in [0.15, 0.2) is 24.3 Å². The van der Waals surface area contributed by atoms with Gasteiger partial charge < -0.3 is 14.5 Å². The summed E-state index contributed by atoms with van der Waals surface area (Å²) in [7, 11) is 1.67. The van der Waals surface area contributed by atoms with Crippen LogP contribution in [0.3, 0.4) is 0 Å². The summed E-state index contributed by atoms with van der Waals surface area (Å²) in [5, 5.41) is 0. The first kappa shape index (κ1) is 19.3. The highest BCUT2D eigenvalue weighted by Crippen LogP contribution is 2.35. The number of methoxy groups -OCH3 is 1. The minimum Gasteiger partial charge on any atom is -0.497 e. The number of amides is 2. The predicted molar refractivity (Wildman–Crippen MR) is 108 cm³/mol. The first-order chi connectivity index (χ1) is 13.7. The fourth-order valence-corrected chi connectivity index (χ4v) is 5.25. The Balaban J connectivity index is 1.50. The molecule has 0 aromatic heterocycles. The molecule has 4 rings (SSSR count). The molecule has 1 saturated carbocycles. The van der Waals surface area contributed by atoms with Crippen molar-refractivity contribution in [2.45, 2.75) is 69.9 Å². The predicted octanol–water partition coefficient (Wildman–Crippen LogP) is 3.93. The number of hydrogen-bond donors (Lipinski definition) is 0. The van der Waals surface area contributed by atoms with Crippen molar-refractivity contribution < 1.29 is 14.3 Å². The third-order valence-corrected chi connectivity index (χ3v) is 6.81. The summed E-state index contributed by atoms with van der Waals surface area (Å²) in [4.78, 5) is 30.2. The number of nitrogens with zero attached hydrogens (tertiary/aromatic N) is 2. The van der Waals surface area contributed by atoms with Crippen LogP contribution in [0.25, 0.3) is 0 Å². The van der Waals surface area contributed by atoms with Crippen molar-refractivity contribution in [1.82, 2.24) is 9.80 Å². The second-order valence-corrected chi connectivity index (χ2v) is 8.56. The number of benzene rings is 1. The molecule has 3 aliphatic rings. The van der Waals surface area contributed by atoms with E-state index < -0.39 is 0 Å². The molecule has 0 N–H and O–H groups in total. The molecule has 5 heteroatoms. The molecule has 2 atom stereocenters. The number of ether oxygens (including phenoxy) is 1. The van der Waals surface area contributed by atoms with E-state index in [0.717, 1.165) is 50.8 Å². The molecule has 2 aliphatic heterocycles. The lowest BCUT2D eigenvalue weighted by molar-refractivity contribution is -0.138. The van der Waals surface area contributed by atoms with E-state index in [9.17, 15) is 9.59 Å². The van der Waals surface area contributed by atoms with Gasteiger partial charge in [0.15, 0.2) is 0 Å². The van der Waals surface area contributed by atoms with Crippen LogP contribution in [0.5, 0.6) is 5.75 Å². The fourth-order valence-electron chi connectivity index (χ4n) is 5.25. The Kier molecular flexibility index (Phi) is 5.88. The molecule has 5 nitrogen and oxygen atoms in total. The third kappa shape index (κ3) is 3.89. The molecule has 2 heterocycles. The number of carbonyl (C=O) groups is 2. The minimum absolute atomic E-state index is 0.108. The normalized spacial score (nSPS) is 26.5. The monoisotopic (exact) mass is 384 g/mol. The van der Waals surface area contributed by atoms with E-state index in [2.05, 4.69) is 17.0 Å². The topological polar surface area (TPSA) is 49.9 Å². The molecule has 152 valence electrons. The molecule has 1 aliphatic carbocycles. The van der Waals surface area contributed by atoms with Crippen LogP contribution in [0.2, 0.25) is 0 Å². The molecule has 0 radical (unpaired) electrons. The van der Waals surface area contributed by atoms with E-state index in [0.29, 0.717) is 19.0 Å². The molecule has 0 bridgehead atoms. The van der Waals surface area contributed by atoms with Gasteiger partial charge in [0.1, 0.15) is 5.75 Å². The van der Waals surface area contributed by atoms with Gasteiger partial charge in [-0.15, -0.1) is 0 Å². The summed E-state index contributed by atoms with van der Waals surface area (Å²) in [6.45, 7) is 1.41. The van der Waals surface area contributed by atoms with Crippen LogP contribution in [-0.4, -0.2) is 47.9 Å². The molecule has 2 saturated heterocycles. The van der Waals surface area contributed by atoms with Crippen molar-refractivity contribution in [1.29, 1.82) is 0 Å². The first-order valence-electron chi connectivity index (χ1n) is 10.9. The lowest BCUT2D eigenvalue weighted by Gasteiger charge is -2.33. The lowest BCUT2D eigenvalue weighted by atomic mass is 9.98. The van der Waals surface area contributed by atoms with Crippen molar-refractivity contribution in [3.05, 3.63) is 29.8 Å². The van der Waals surface area contributed by atoms with Gasteiger partial charge in [0.25, 0.3) is 0 Å². The largest absolute Gasteiger partial charge is 0.497 e. The van der Waals surface area contributed by atoms with Gasteiger partial charge in [-0.05, 0) is 43.4 Å². The molecule has 0 spiro atoms. The van der Waals surface area contributed by atoms with Crippen LogP contribution in [0, 0.1) is 5.92 Å². The number of rotatable bonds is 4. The first-order valence-corrected chi connectivity index (χ1v) is 10.9. The van der Waals surface area contributed by atoms with E-state index in [1.807, 2.05) is 17.0 Å². The molecule has 1 aromatic rings. The van der Waals surface area contributed by atoms with E-state index in [-0.39, 0.29) is 23.8 Å². The minimum atomic E-state index is -0.174. The van der Waals surface area contributed by atoms with Crippen molar-refractivity contribution >= 4 is 11.8 Å². The highest BCUT2D eigenvalue weighted by atomic mass is 16.5. The van der Waals surface area contributed by atoms with Crippen LogP contribution >= 0.6 is 0 Å². The van der Waals surface area contributed by atoms with Crippen molar-refractivity contribution in [3.8, 4) is 5.75 Å². The molecule has 0 unspecified atom stereocenters. The van der Waals surface area contributed by atoms with Crippen LogP contribution in [0.1, 0.15) is 69.4 Å². The van der Waals surface area contributed by atoms with Gasteiger partial charge in [0.2, 0.25) is 11.8 Å². The Morgan fingerprint density at radius 2 is 1.71 bits per heavy atom. The second-order valence-electron chi connectivity index (χ2n) is 8.56. The molecule has 28 heavy (non-hydrogen) atoms. The summed E-state index contributed by atoms with van der Waals surface area (Å²) in [5.74, 6) is 1.02. The third-order valence-electron chi connectivity index (χ3n) is 6.81. The lowest BCUT2D eigenvalue weighted by Crippen LogP contribution is -2.41. The summed E-state index contributed by atoms with van der Waals surface area (Å²) in [5.41, 5.74) is 1.17. The Hall–Kier alpha value is -2.04. The Bertz CT molecular complexity index is 696. The quantitative estimate of drug-likeness (QED) is 0.790. The number of carbonyl (C=O) groups excluding carboxylic acids is 2. The summed E-state index contributed by atoms with van der Waals surface area (Å²) in [6, 6.07) is 8.59. The Morgan fingerprint density at radius 1 is 1.00 bits per heavy atom. The SMILES string of the molecule is COc1ccc([C@@H]2CCCCCN2C(=O)[C@H]2CC(=O)N(C3CCCC3)C2)cc1. The zero-order valence-electron chi connectivity index (χ0n) is 16.9. The molecular weight excluding hydrogens is 352 g/mol. The van der Waals surface area contributed by atoms with Crippen LogP contribution in [0.4, 0.5) is 0 Å². The number of likely N-dealkylation sites (tertiary alicyclic amines) is 2. The van der Waals surface area contributed by atoms with Crippen molar-refractivity contribution in [2.75, 3.05) is 20.2 Å². The average molecular weight is 385 g/mol. The number of hydrogen-bond acceptors (Lipinski definition) is 3. The highest BCUT2D eigenvalue weighted by molar-refractivity contribution is 5.89. The van der Waals surface area contributed by atoms with Gasteiger partial charge in [-0.2, -0.15) is 0 Å². The summed E-state index contributed by atoms with van der Waals surface area (Å²) < 4.78 is 5.29. The van der Waals surface area contributed by atoms with Gasteiger partial charge in [0, 0.05) is 25.6 Å². The maximum Gasteiger partial charge on any atom is 0.228 e. The van der Waals surface area contributed by atoms with Crippen LogP contribution < -0.4 is 4.74 Å². The molecular formula is C23H32N2O3. The highest BCUT2D eigenvalue weighted by Gasteiger charge is 2.41. The maximum absolute atomic E-state index is 13.5. The van der Waals surface area contributed by atoms with E-state index in [1.165, 1.54) is 18.4 Å². The smallest absolute Gasteiger partial charge is 0.228 e. The molecule has 3 fully saturated rings. The second kappa shape index (κ2) is 8.54. The summed E-state index contributed by atoms with van der Waals surface area (Å²) in [6.07, 6.45) is 9.34. The van der Waals surface area contributed by atoms with Gasteiger partial charge >= 0.3 is 0 Å². The Morgan fingerprint density at radius 3 is 2.43 bits per heavy atom. The van der Waals surface area contributed by atoms with Gasteiger partial charge in [0.05, 0.1) is 19.1 Å². The van der Waals surface area contributed by atoms with Crippen molar-refractivity contribution in [3.63, 3.8) is 0 Å². The summed E-state index contributed by atoms with van der Waals surface area (Å²) >= 11 is 0. The van der Waals surface area contributed by atoms with Crippen molar-refractivity contribution in [2.24, 2.45) is 5.92 Å². The molecule has 1 aromatic carbocycles. The Labute approximate surface area is 168 Å². The van der Waals surface area contributed by atoms with Crippen LogP contribution in [-0.2, 0) is 9.59 Å². The molecule has 2 amide bonds. The van der Waals surface area contributed by atoms with E-state index in [4.69, 9.17) is 4.74 Å². The standard InChI is InChI=1S/C23H32N2O3/c1-28-20-12-10-17(11-13-20)21-9-3-2-6-14-24(21)23(27)18-15-22(26)25(16-18)19-7-4-5-8-19/h10-13,18-19,21H,2-9,14-16H2,1H3/t18-,21-/m0/s1. The van der Waals surface area contributed by atoms with Gasteiger partial charge in [-0.3, -0.25) is 9.59 Å². The van der Waals surface area contributed by atoms with E-state index >= 15 is 0 Å². The van der Waals surface area contributed by atoms with E-state index in [1.54, 1.807) is 7.11 Å². The maximum atomic E-state index is 13.5.